The maximum absolute atomic E-state index is 12.5. The summed E-state index contributed by atoms with van der Waals surface area (Å²) in [5.41, 5.74) is 8.46. The minimum absolute atomic E-state index is 0.245. The first-order valence-corrected chi connectivity index (χ1v) is 3.63. The van der Waals surface area contributed by atoms with E-state index in [9.17, 15) is 4.39 Å². The van der Waals surface area contributed by atoms with Crippen LogP contribution in [0.4, 0.5) is 4.39 Å². The summed E-state index contributed by atoms with van der Waals surface area (Å²) < 4.78 is 12.5. The maximum atomic E-state index is 12.5. The van der Waals surface area contributed by atoms with Gasteiger partial charge in [-0.3, -0.25) is 0 Å². The van der Waals surface area contributed by atoms with Gasteiger partial charge in [0.1, 0.15) is 0 Å². The number of azide groups is 1. The van der Waals surface area contributed by atoms with E-state index in [-0.39, 0.29) is 6.54 Å². The Balaban J connectivity index is 2.63. The molecule has 0 radical (unpaired) electrons. The highest BCUT2D eigenvalue weighted by atomic mass is 19.1. The third-order valence-electron chi connectivity index (χ3n) is 1.28. The monoisotopic (exact) mass is 178 g/mol. The lowest BCUT2D eigenvalue weighted by Gasteiger charge is -1.90. The summed E-state index contributed by atoms with van der Waals surface area (Å²) in [6, 6.07) is 4.50. The Morgan fingerprint density at radius 2 is 2.46 bits per heavy atom. The van der Waals surface area contributed by atoms with Crippen molar-refractivity contribution in [2.75, 3.05) is 6.54 Å². The Bertz CT molecular complexity index is 355. The minimum atomic E-state index is -0.522. The molecule has 0 saturated heterocycles. The van der Waals surface area contributed by atoms with E-state index in [0.717, 1.165) is 0 Å². The van der Waals surface area contributed by atoms with Crippen molar-refractivity contribution in [1.82, 2.24) is 4.98 Å². The zero-order valence-corrected chi connectivity index (χ0v) is 6.76. The Morgan fingerprint density at radius 3 is 3.15 bits per heavy atom. The van der Waals surface area contributed by atoms with Gasteiger partial charge in [0.05, 0.1) is 5.69 Å². The van der Waals surface area contributed by atoms with Gasteiger partial charge in [-0.25, -0.2) is 4.98 Å². The predicted molar refractivity (Wildman–Crippen MR) is 47.2 cm³/mol. The van der Waals surface area contributed by atoms with Gasteiger partial charge >= 0.3 is 0 Å². The van der Waals surface area contributed by atoms with Crippen LogP contribution in [0.1, 0.15) is 5.69 Å². The van der Waals surface area contributed by atoms with E-state index in [0.29, 0.717) is 5.69 Å². The zero-order valence-electron chi connectivity index (χ0n) is 6.76. The summed E-state index contributed by atoms with van der Waals surface area (Å²) in [5.74, 6) is -0.522. The zero-order chi connectivity index (χ0) is 9.52. The van der Waals surface area contributed by atoms with Crippen LogP contribution in [-0.2, 0) is 0 Å². The molecule has 0 aliphatic rings. The van der Waals surface area contributed by atoms with Crippen molar-refractivity contribution >= 4 is 6.08 Å². The van der Waals surface area contributed by atoms with E-state index < -0.39 is 5.95 Å². The predicted octanol–water partition coefficient (Wildman–Crippen LogP) is 2.54. The average Bonchev–Trinajstić information content (AvgIpc) is 2.13. The highest BCUT2D eigenvalue weighted by Gasteiger charge is 1.90. The van der Waals surface area contributed by atoms with Crippen molar-refractivity contribution in [2.45, 2.75) is 0 Å². The second-order valence-electron chi connectivity index (χ2n) is 2.20. The fraction of sp³-hybridized carbons (Fsp3) is 0.125. The molecule has 0 aliphatic carbocycles. The van der Waals surface area contributed by atoms with Crippen molar-refractivity contribution in [3.05, 3.63) is 46.4 Å². The lowest BCUT2D eigenvalue weighted by molar-refractivity contribution is 0.583. The van der Waals surface area contributed by atoms with Crippen LogP contribution in [0.2, 0.25) is 0 Å². The van der Waals surface area contributed by atoms with Gasteiger partial charge in [0.25, 0.3) is 0 Å². The van der Waals surface area contributed by atoms with Crippen LogP contribution < -0.4 is 0 Å². The molecule has 0 atom stereocenters. The van der Waals surface area contributed by atoms with E-state index in [1.54, 1.807) is 24.3 Å². The third kappa shape index (κ3) is 3.35. The van der Waals surface area contributed by atoms with Crippen LogP contribution >= 0.6 is 0 Å². The minimum Gasteiger partial charge on any atom is -0.220 e. The third-order valence-corrected chi connectivity index (χ3v) is 1.28. The molecule has 13 heavy (non-hydrogen) atoms. The second kappa shape index (κ2) is 4.90. The molecule has 0 fully saturated rings. The highest BCUT2D eigenvalue weighted by molar-refractivity contribution is 5.43. The number of nitrogens with zero attached hydrogens (tertiary/aromatic N) is 4. The number of hydrogen-bond acceptors (Lipinski definition) is 2. The Labute approximate surface area is 74.4 Å². The van der Waals surface area contributed by atoms with Gasteiger partial charge in [-0.05, 0) is 23.7 Å². The van der Waals surface area contributed by atoms with E-state index in [1.165, 1.54) is 6.07 Å². The molecular formula is C8H7FN4. The number of rotatable bonds is 3. The van der Waals surface area contributed by atoms with E-state index in [1.807, 2.05) is 0 Å². The van der Waals surface area contributed by atoms with Gasteiger partial charge in [0, 0.05) is 11.5 Å². The van der Waals surface area contributed by atoms with E-state index in [2.05, 4.69) is 15.0 Å². The summed E-state index contributed by atoms with van der Waals surface area (Å²) in [4.78, 5) is 6.15. The fourth-order valence-electron chi connectivity index (χ4n) is 0.774. The van der Waals surface area contributed by atoms with Gasteiger partial charge in [-0.1, -0.05) is 17.3 Å². The van der Waals surface area contributed by atoms with Crippen LogP contribution in [0.5, 0.6) is 0 Å². The quantitative estimate of drug-likeness (QED) is 0.303. The topological polar surface area (TPSA) is 61.7 Å². The molecule has 0 bridgehead atoms. The molecule has 0 aliphatic heterocycles. The summed E-state index contributed by atoms with van der Waals surface area (Å²) in [5, 5.41) is 3.28. The molecule has 0 aromatic carbocycles. The largest absolute Gasteiger partial charge is 0.220 e. The molecule has 66 valence electrons. The smallest absolute Gasteiger partial charge is 0.213 e. The molecule has 1 aromatic rings. The van der Waals surface area contributed by atoms with Gasteiger partial charge < -0.3 is 0 Å². The van der Waals surface area contributed by atoms with Crippen LogP contribution in [0, 0.1) is 5.95 Å². The number of hydrogen-bond donors (Lipinski definition) is 0. The molecule has 0 spiro atoms. The normalized spacial score (nSPS) is 9.92. The molecule has 1 heterocycles. The molecular weight excluding hydrogens is 171 g/mol. The Kier molecular flexibility index (Phi) is 3.47. The molecule has 0 N–H and O–H groups in total. The lowest BCUT2D eigenvalue weighted by Crippen LogP contribution is -1.84. The van der Waals surface area contributed by atoms with E-state index in [4.69, 9.17) is 5.53 Å². The van der Waals surface area contributed by atoms with Crippen molar-refractivity contribution in [2.24, 2.45) is 5.11 Å². The number of halogens is 1. The summed E-state index contributed by atoms with van der Waals surface area (Å²) >= 11 is 0. The summed E-state index contributed by atoms with van der Waals surface area (Å²) in [6.07, 6.45) is 3.21. The van der Waals surface area contributed by atoms with Gasteiger partial charge in [0.2, 0.25) is 5.95 Å². The van der Waals surface area contributed by atoms with E-state index >= 15 is 0 Å². The SMILES string of the molecule is [N-]=[N+]=NCC=Cc1cccc(F)n1. The highest BCUT2D eigenvalue weighted by Crippen LogP contribution is 1.99. The van der Waals surface area contributed by atoms with Crippen molar-refractivity contribution in [3.63, 3.8) is 0 Å². The van der Waals surface area contributed by atoms with Gasteiger partial charge in [0.15, 0.2) is 0 Å². The van der Waals surface area contributed by atoms with Gasteiger partial charge in [-0.15, -0.1) is 0 Å². The lowest BCUT2D eigenvalue weighted by atomic mass is 10.3. The first-order valence-electron chi connectivity index (χ1n) is 3.63. The molecule has 0 saturated carbocycles. The van der Waals surface area contributed by atoms with Crippen molar-refractivity contribution in [1.29, 1.82) is 0 Å². The molecule has 5 heteroatoms. The van der Waals surface area contributed by atoms with Crippen molar-refractivity contribution < 1.29 is 4.39 Å². The molecule has 1 rings (SSSR count). The Morgan fingerprint density at radius 1 is 1.62 bits per heavy atom. The second-order valence-corrected chi connectivity index (χ2v) is 2.20. The molecule has 0 unspecified atom stereocenters. The first kappa shape index (κ1) is 9.22. The fourth-order valence-corrected chi connectivity index (χ4v) is 0.774. The van der Waals surface area contributed by atoms with Gasteiger partial charge in [-0.2, -0.15) is 4.39 Å². The standard InChI is InChI=1S/C8H7FN4/c9-8-5-1-3-7(12-8)4-2-6-11-13-10/h1-5H,6H2. The summed E-state index contributed by atoms with van der Waals surface area (Å²) in [7, 11) is 0. The average molecular weight is 178 g/mol. The maximum Gasteiger partial charge on any atom is 0.213 e. The van der Waals surface area contributed by atoms with Crippen LogP contribution in [0.25, 0.3) is 16.5 Å². The van der Waals surface area contributed by atoms with Crippen LogP contribution in [0.15, 0.2) is 29.4 Å². The summed E-state index contributed by atoms with van der Waals surface area (Å²) in [6.45, 7) is 0.245. The Hall–Kier alpha value is -1.87. The molecule has 4 nitrogen and oxygen atoms in total. The molecule has 0 amide bonds. The van der Waals surface area contributed by atoms with Crippen LogP contribution in [0.3, 0.4) is 0 Å². The molecule has 1 aromatic heterocycles. The number of pyridine rings is 1. The first-order chi connectivity index (χ1) is 6.33. The van der Waals surface area contributed by atoms with Crippen molar-refractivity contribution in [3.8, 4) is 0 Å². The van der Waals surface area contributed by atoms with Crippen LogP contribution in [-0.4, -0.2) is 11.5 Å². The number of aromatic nitrogens is 1.